The fourth-order valence-corrected chi connectivity index (χ4v) is 2.22. The summed E-state index contributed by atoms with van der Waals surface area (Å²) >= 11 is 0. The summed E-state index contributed by atoms with van der Waals surface area (Å²) in [6.45, 7) is 4.76. The molecule has 0 saturated carbocycles. The number of carboxylic acids is 1. The van der Waals surface area contributed by atoms with E-state index in [1.54, 1.807) is 44.8 Å². The predicted molar refractivity (Wildman–Crippen MR) is 85.7 cm³/mol. The van der Waals surface area contributed by atoms with Gasteiger partial charge in [0.25, 0.3) is 5.56 Å². The lowest BCUT2D eigenvalue weighted by molar-refractivity contribution is -0.155. The molecular weight excluding hydrogens is 314 g/mol. The zero-order chi connectivity index (χ0) is 18.1. The molecule has 0 saturated heterocycles. The maximum Gasteiger partial charge on any atom is 0.341 e. The van der Waals surface area contributed by atoms with Crippen LogP contribution in [-0.4, -0.2) is 37.0 Å². The molecule has 0 aliphatic carbocycles. The number of carbonyl (C=O) groups is 2. The molecule has 0 aliphatic rings. The van der Waals surface area contributed by atoms with Crippen molar-refractivity contribution in [1.29, 1.82) is 0 Å². The number of nitrogens with zero attached hydrogens (tertiary/aromatic N) is 3. The summed E-state index contributed by atoms with van der Waals surface area (Å²) in [6, 6.07) is 2.95. The zero-order valence-electron chi connectivity index (χ0n) is 13.9. The van der Waals surface area contributed by atoms with Gasteiger partial charge >= 0.3 is 11.9 Å². The van der Waals surface area contributed by atoms with Crippen LogP contribution in [0.25, 0.3) is 11.3 Å². The van der Waals surface area contributed by atoms with Gasteiger partial charge < -0.3 is 14.4 Å². The van der Waals surface area contributed by atoms with Crippen molar-refractivity contribution >= 4 is 11.9 Å². The van der Waals surface area contributed by atoms with Gasteiger partial charge in [0.1, 0.15) is 17.7 Å². The molecule has 0 atom stereocenters. The lowest BCUT2D eigenvalue weighted by atomic mass is 10.1. The molecule has 0 unspecified atom stereocenters. The molecule has 8 heteroatoms. The number of hydrogen-bond acceptors (Lipinski definition) is 5. The van der Waals surface area contributed by atoms with Crippen LogP contribution in [0.3, 0.4) is 0 Å². The molecule has 2 aromatic rings. The monoisotopic (exact) mass is 333 g/mol. The minimum atomic E-state index is -1.36. The number of aromatic carboxylic acids is 1. The summed E-state index contributed by atoms with van der Waals surface area (Å²) in [5, 5.41) is 13.3. The second-order valence-electron chi connectivity index (χ2n) is 6.31. The van der Waals surface area contributed by atoms with E-state index in [2.05, 4.69) is 5.10 Å². The van der Waals surface area contributed by atoms with Crippen molar-refractivity contribution in [3.05, 3.63) is 40.4 Å². The van der Waals surface area contributed by atoms with Gasteiger partial charge in [-0.2, -0.15) is 5.10 Å². The molecular formula is C16H19N3O5. The fraction of sp³-hybridized carbons (Fsp3) is 0.375. The lowest BCUT2D eigenvalue weighted by Crippen LogP contribution is -2.32. The molecule has 2 heterocycles. The smallest absolute Gasteiger partial charge is 0.341 e. The van der Waals surface area contributed by atoms with Crippen molar-refractivity contribution in [2.45, 2.75) is 32.9 Å². The largest absolute Gasteiger partial charge is 0.477 e. The second kappa shape index (κ2) is 6.31. The first-order chi connectivity index (χ1) is 11.1. The third kappa shape index (κ3) is 3.89. The van der Waals surface area contributed by atoms with Crippen LogP contribution < -0.4 is 5.56 Å². The van der Waals surface area contributed by atoms with Crippen LogP contribution in [0.2, 0.25) is 0 Å². The van der Waals surface area contributed by atoms with Crippen LogP contribution in [0.15, 0.2) is 29.3 Å². The number of rotatable bonds is 4. The summed E-state index contributed by atoms with van der Waals surface area (Å²) in [5.74, 6) is -1.98. The quantitative estimate of drug-likeness (QED) is 0.846. The first-order valence-corrected chi connectivity index (χ1v) is 7.26. The molecule has 2 aromatic heterocycles. The molecule has 24 heavy (non-hydrogen) atoms. The highest BCUT2D eigenvalue weighted by Gasteiger charge is 2.20. The van der Waals surface area contributed by atoms with Gasteiger partial charge in [-0.15, -0.1) is 0 Å². The Balaban J connectivity index is 2.49. The molecule has 0 bridgehead atoms. The van der Waals surface area contributed by atoms with Crippen molar-refractivity contribution in [3.63, 3.8) is 0 Å². The van der Waals surface area contributed by atoms with Crippen LogP contribution in [0.5, 0.6) is 0 Å². The number of carbonyl (C=O) groups excluding carboxylic acids is 1. The van der Waals surface area contributed by atoms with Crippen LogP contribution >= 0.6 is 0 Å². The van der Waals surface area contributed by atoms with Crippen molar-refractivity contribution in [1.82, 2.24) is 14.3 Å². The highest BCUT2D eigenvalue weighted by molar-refractivity contribution is 5.88. The van der Waals surface area contributed by atoms with E-state index in [9.17, 15) is 19.5 Å². The first kappa shape index (κ1) is 17.5. The number of aryl methyl sites for hydroxylation is 1. The van der Waals surface area contributed by atoms with E-state index in [-0.39, 0.29) is 6.54 Å². The highest BCUT2D eigenvalue weighted by atomic mass is 16.6. The van der Waals surface area contributed by atoms with E-state index in [1.807, 2.05) is 0 Å². The Morgan fingerprint density at radius 2 is 2.00 bits per heavy atom. The Labute approximate surface area is 138 Å². The maximum absolute atomic E-state index is 12.3. The standard InChI is InChI=1S/C16H19N3O5/c1-16(2,3)24-13(20)9-19-8-10(12-5-6-17-18(12)4)7-11(14(19)21)15(22)23/h5-8H,9H2,1-4H3,(H,22,23). The first-order valence-electron chi connectivity index (χ1n) is 7.26. The number of pyridine rings is 1. The molecule has 0 fully saturated rings. The Hall–Kier alpha value is -2.90. The van der Waals surface area contributed by atoms with Gasteiger partial charge in [-0.25, -0.2) is 4.79 Å². The second-order valence-corrected chi connectivity index (χ2v) is 6.31. The van der Waals surface area contributed by atoms with Crippen LogP contribution in [0.1, 0.15) is 31.1 Å². The zero-order valence-corrected chi connectivity index (χ0v) is 13.9. The molecule has 128 valence electrons. The molecule has 0 aromatic carbocycles. The normalized spacial score (nSPS) is 11.3. The van der Waals surface area contributed by atoms with Crippen LogP contribution in [0, 0.1) is 0 Å². The summed E-state index contributed by atoms with van der Waals surface area (Å²) in [5.41, 5.74) is -0.793. The number of ether oxygens (including phenoxy) is 1. The van der Waals surface area contributed by atoms with Crippen molar-refractivity contribution < 1.29 is 19.4 Å². The molecule has 0 aliphatic heterocycles. The van der Waals surface area contributed by atoms with E-state index in [4.69, 9.17) is 4.74 Å². The predicted octanol–water partition coefficient (Wildman–Crippen LogP) is 1.29. The minimum Gasteiger partial charge on any atom is -0.477 e. The number of carboxylic acid groups (broad SMARTS) is 1. The maximum atomic E-state index is 12.3. The van der Waals surface area contributed by atoms with E-state index in [0.29, 0.717) is 11.3 Å². The van der Waals surface area contributed by atoms with Gasteiger partial charge in [0.05, 0.1) is 5.69 Å². The minimum absolute atomic E-state index is 0.373. The van der Waals surface area contributed by atoms with E-state index in [1.165, 1.54) is 12.3 Å². The number of esters is 1. The molecule has 0 amide bonds. The van der Waals surface area contributed by atoms with Crippen LogP contribution in [0.4, 0.5) is 0 Å². The topological polar surface area (TPSA) is 103 Å². The SMILES string of the molecule is Cn1nccc1-c1cc(C(=O)O)c(=O)n(CC(=O)OC(C)(C)C)c1. The molecule has 0 radical (unpaired) electrons. The molecule has 8 nitrogen and oxygen atoms in total. The summed E-state index contributed by atoms with van der Waals surface area (Å²) in [6.07, 6.45) is 2.98. The average Bonchev–Trinajstić information content (AvgIpc) is 2.84. The third-order valence-corrected chi connectivity index (χ3v) is 3.15. The lowest BCUT2D eigenvalue weighted by Gasteiger charge is -2.20. The van der Waals surface area contributed by atoms with Gasteiger partial charge in [0.15, 0.2) is 0 Å². The van der Waals surface area contributed by atoms with Crippen LogP contribution in [-0.2, 0) is 23.1 Å². The van der Waals surface area contributed by atoms with Gasteiger partial charge in [0, 0.05) is 25.0 Å². The Morgan fingerprint density at radius 3 is 2.50 bits per heavy atom. The van der Waals surface area contributed by atoms with Crippen molar-refractivity contribution in [2.24, 2.45) is 7.05 Å². The molecule has 1 N–H and O–H groups in total. The Kier molecular flexibility index (Phi) is 4.59. The summed E-state index contributed by atoms with van der Waals surface area (Å²) < 4.78 is 7.77. The average molecular weight is 333 g/mol. The van der Waals surface area contributed by atoms with Crippen molar-refractivity contribution in [3.8, 4) is 11.3 Å². The van der Waals surface area contributed by atoms with Crippen molar-refractivity contribution in [2.75, 3.05) is 0 Å². The summed E-state index contributed by atoms with van der Waals surface area (Å²) in [4.78, 5) is 35.6. The third-order valence-electron chi connectivity index (χ3n) is 3.15. The summed E-state index contributed by atoms with van der Waals surface area (Å²) in [7, 11) is 1.69. The Morgan fingerprint density at radius 1 is 1.33 bits per heavy atom. The van der Waals surface area contributed by atoms with Gasteiger partial charge in [-0.3, -0.25) is 14.3 Å². The van der Waals surface area contributed by atoms with E-state index in [0.717, 1.165) is 4.57 Å². The highest BCUT2D eigenvalue weighted by Crippen LogP contribution is 2.18. The fourth-order valence-electron chi connectivity index (χ4n) is 2.22. The molecule has 0 spiro atoms. The van der Waals surface area contributed by atoms with Gasteiger partial charge in [0.2, 0.25) is 0 Å². The van der Waals surface area contributed by atoms with E-state index >= 15 is 0 Å². The number of aromatic nitrogens is 3. The Bertz CT molecular complexity index is 842. The van der Waals surface area contributed by atoms with Gasteiger partial charge in [-0.1, -0.05) is 0 Å². The van der Waals surface area contributed by atoms with E-state index < -0.39 is 28.7 Å². The molecule has 2 rings (SSSR count). The van der Waals surface area contributed by atoms with Gasteiger partial charge in [-0.05, 0) is 32.9 Å². The number of hydrogen-bond donors (Lipinski definition) is 1.